The number of esters is 2. The van der Waals surface area contributed by atoms with Crippen LogP contribution < -0.4 is 0 Å². The zero-order valence-corrected chi connectivity index (χ0v) is 12.2. The van der Waals surface area contributed by atoms with Crippen molar-refractivity contribution in [3.8, 4) is 0 Å². The van der Waals surface area contributed by atoms with Crippen molar-refractivity contribution in [2.24, 2.45) is 11.3 Å². The van der Waals surface area contributed by atoms with Crippen molar-refractivity contribution in [3.63, 3.8) is 0 Å². The Kier molecular flexibility index (Phi) is 4.38. The molecule has 1 rings (SSSR count). The van der Waals surface area contributed by atoms with Gasteiger partial charge in [-0.1, -0.05) is 6.92 Å². The average Bonchev–Trinajstić information content (AvgIpc) is 2.29. The molecular formula is C14H22O5. The van der Waals surface area contributed by atoms with Gasteiger partial charge in [0, 0.05) is 26.2 Å². The lowest BCUT2D eigenvalue weighted by Crippen LogP contribution is -2.55. The highest BCUT2D eigenvalue weighted by molar-refractivity contribution is 5.86. The predicted octanol–water partition coefficient (Wildman–Crippen LogP) is 1.88. The summed E-state index contributed by atoms with van der Waals surface area (Å²) in [7, 11) is 0. The summed E-state index contributed by atoms with van der Waals surface area (Å²) in [6.45, 7) is 8.16. The average molecular weight is 270 g/mol. The number of Topliss-reactive ketones (excluding diaryl/α,β-unsaturated/α-hetero) is 1. The molecule has 108 valence electrons. The van der Waals surface area contributed by atoms with E-state index in [2.05, 4.69) is 0 Å². The summed E-state index contributed by atoms with van der Waals surface area (Å²) in [6.07, 6.45) is 0.828. The highest BCUT2D eigenvalue weighted by Gasteiger charge is 2.53. The number of hydrogen-bond acceptors (Lipinski definition) is 5. The zero-order chi connectivity index (χ0) is 14.8. The number of carbonyl (C=O) groups is 3. The van der Waals surface area contributed by atoms with Crippen LogP contribution in [-0.2, 0) is 23.9 Å². The van der Waals surface area contributed by atoms with Gasteiger partial charge in [-0.05, 0) is 20.3 Å². The van der Waals surface area contributed by atoms with E-state index >= 15 is 0 Å². The molecular weight excluding hydrogens is 248 g/mol. The lowest BCUT2D eigenvalue weighted by atomic mass is 9.61. The Morgan fingerprint density at radius 1 is 1.26 bits per heavy atom. The molecule has 0 aromatic heterocycles. The maximum atomic E-state index is 12.2. The molecule has 1 aliphatic rings. The molecule has 0 heterocycles. The van der Waals surface area contributed by atoms with Crippen LogP contribution in [0.5, 0.6) is 0 Å². The molecule has 5 nitrogen and oxygen atoms in total. The van der Waals surface area contributed by atoms with Gasteiger partial charge in [0.1, 0.15) is 18.0 Å². The molecule has 1 aliphatic carbocycles. The van der Waals surface area contributed by atoms with Gasteiger partial charge in [0.25, 0.3) is 0 Å². The van der Waals surface area contributed by atoms with Gasteiger partial charge in [0.15, 0.2) is 0 Å². The molecule has 0 aromatic rings. The summed E-state index contributed by atoms with van der Waals surface area (Å²) in [5, 5.41) is 0. The first kappa shape index (κ1) is 15.7. The molecule has 1 fully saturated rings. The first-order chi connectivity index (χ1) is 8.62. The second-order valence-corrected chi connectivity index (χ2v) is 5.75. The van der Waals surface area contributed by atoms with Crippen LogP contribution in [0.2, 0.25) is 0 Å². The van der Waals surface area contributed by atoms with Gasteiger partial charge in [-0.15, -0.1) is 0 Å². The van der Waals surface area contributed by atoms with E-state index in [9.17, 15) is 14.4 Å². The fraction of sp³-hybridized carbons (Fsp3) is 0.786. The topological polar surface area (TPSA) is 69.7 Å². The monoisotopic (exact) mass is 270 g/mol. The molecule has 1 saturated carbocycles. The fourth-order valence-electron chi connectivity index (χ4n) is 2.70. The SMILES string of the molecule is CC(=O)OC[C@]1(C)C(=O)CC[C@@](C)(OC(C)=O)[C@H]1C. The lowest BCUT2D eigenvalue weighted by Gasteiger charge is -2.48. The third-order valence-electron chi connectivity index (χ3n) is 4.31. The van der Waals surface area contributed by atoms with Crippen molar-refractivity contribution in [1.29, 1.82) is 0 Å². The molecule has 3 atom stereocenters. The van der Waals surface area contributed by atoms with Gasteiger partial charge in [0.2, 0.25) is 0 Å². The van der Waals surface area contributed by atoms with Crippen LogP contribution in [0.3, 0.4) is 0 Å². The van der Waals surface area contributed by atoms with E-state index in [1.807, 2.05) is 13.8 Å². The lowest BCUT2D eigenvalue weighted by molar-refractivity contribution is -0.183. The molecule has 0 N–H and O–H groups in total. The molecule has 19 heavy (non-hydrogen) atoms. The smallest absolute Gasteiger partial charge is 0.303 e. The van der Waals surface area contributed by atoms with Crippen LogP contribution in [0.1, 0.15) is 47.5 Å². The van der Waals surface area contributed by atoms with E-state index in [4.69, 9.17) is 9.47 Å². The number of carbonyl (C=O) groups excluding carboxylic acids is 3. The highest BCUT2D eigenvalue weighted by atomic mass is 16.6. The summed E-state index contributed by atoms with van der Waals surface area (Å²) < 4.78 is 10.4. The summed E-state index contributed by atoms with van der Waals surface area (Å²) in [5.74, 6) is -0.949. The van der Waals surface area contributed by atoms with Crippen molar-refractivity contribution in [2.75, 3.05) is 6.61 Å². The Hall–Kier alpha value is -1.39. The minimum atomic E-state index is -0.811. The van der Waals surface area contributed by atoms with Crippen LogP contribution in [0.15, 0.2) is 0 Å². The van der Waals surface area contributed by atoms with Crippen molar-refractivity contribution >= 4 is 17.7 Å². The van der Waals surface area contributed by atoms with Gasteiger partial charge in [0.05, 0.1) is 5.41 Å². The van der Waals surface area contributed by atoms with E-state index in [0.717, 1.165) is 0 Å². The van der Waals surface area contributed by atoms with Gasteiger partial charge in [-0.2, -0.15) is 0 Å². The quantitative estimate of drug-likeness (QED) is 0.732. The van der Waals surface area contributed by atoms with Crippen molar-refractivity contribution in [2.45, 2.75) is 53.1 Å². The number of ketones is 1. The second-order valence-electron chi connectivity index (χ2n) is 5.75. The van der Waals surface area contributed by atoms with Crippen LogP contribution in [0, 0.1) is 11.3 Å². The van der Waals surface area contributed by atoms with E-state index in [1.54, 1.807) is 6.92 Å². The Morgan fingerprint density at radius 2 is 1.84 bits per heavy atom. The minimum Gasteiger partial charge on any atom is -0.465 e. The van der Waals surface area contributed by atoms with Crippen LogP contribution in [-0.4, -0.2) is 29.9 Å². The molecule has 0 unspecified atom stereocenters. The van der Waals surface area contributed by atoms with Crippen molar-refractivity contribution in [1.82, 2.24) is 0 Å². The van der Waals surface area contributed by atoms with Crippen LogP contribution in [0.4, 0.5) is 0 Å². The van der Waals surface area contributed by atoms with Gasteiger partial charge in [-0.25, -0.2) is 0 Å². The molecule has 0 bridgehead atoms. The summed E-state index contributed by atoms with van der Waals surface area (Å²) >= 11 is 0. The third kappa shape index (κ3) is 3.14. The molecule has 0 spiro atoms. The van der Waals surface area contributed by atoms with Gasteiger partial charge >= 0.3 is 11.9 Å². The standard InChI is InChI=1S/C14H22O5/c1-9-13(4,8-18-10(2)15)12(17)6-7-14(9,5)19-11(3)16/h9H,6-8H2,1-5H3/t9-,13-,14+/m0/s1. The van der Waals surface area contributed by atoms with Gasteiger partial charge in [-0.3, -0.25) is 14.4 Å². The van der Waals surface area contributed by atoms with Crippen LogP contribution in [0.25, 0.3) is 0 Å². The van der Waals surface area contributed by atoms with Crippen LogP contribution >= 0.6 is 0 Å². The maximum Gasteiger partial charge on any atom is 0.303 e. The summed E-state index contributed by atoms with van der Waals surface area (Å²) in [6, 6.07) is 0. The molecule has 0 aliphatic heterocycles. The molecule has 0 amide bonds. The Morgan fingerprint density at radius 3 is 2.32 bits per heavy atom. The first-order valence-corrected chi connectivity index (χ1v) is 6.48. The van der Waals surface area contributed by atoms with Gasteiger partial charge < -0.3 is 9.47 Å². The Bertz CT molecular complexity index is 403. The van der Waals surface area contributed by atoms with E-state index in [1.165, 1.54) is 13.8 Å². The zero-order valence-electron chi connectivity index (χ0n) is 12.2. The number of rotatable bonds is 3. The van der Waals surface area contributed by atoms with E-state index in [-0.39, 0.29) is 24.3 Å². The molecule has 5 heteroatoms. The second kappa shape index (κ2) is 5.31. The Balaban J connectivity index is 2.97. The molecule has 0 radical (unpaired) electrons. The van der Waals surface area contributed by atoms with E-state index < -0.39 is 17.0 Å². The Labute approximate surface area is 113 Å². The molecule has 0 saturated heterocycles. The summed E-state index contributed by atoms with van der Waals surface area (Å²) in [5.41, 5.74) is -1.51. The fourth-order valence-corrected chi connectivity index (χ4v) is 2.70. The molecule has 0 aromatic carbocycles. The number of hydrogen-bond donors (Lipinski definition) is 0. The summed E-state index contributed by atoms with van der Waals surface area (Å²) in [4.78, 5) is 34.4. The largest absolute Gasteiger partial charge is 0.465 e. The first-order valence-electron chi connectivity index (χ1n) is 6.48. The van der Waals surface area contributed by atoms with Crippen molar-refractivity contribution < 1.29 is 23.9 Å². The predicted molar refractivity (Wildman–Crippen MR) is 68.3 cm³/mol. The maximum absolute atomic E-state index is 12.2. The minimum absolute atomic E-state index is 0.0270. The normalized spacial score (nSPS) is 34.8. The van der Waals surface area contributed by atoms with E-state index in [0.29, 0.717) is 12.8 Å². The highest BCUT2D eigenvalue weighted by Crippen LogP contribution is 2.46. The third-order valence-corrected chi connectivity index (χ3v) is 4.31. The number of ether oxygens (including phenoxy) is 2. The van der Waals surface area contributed by atoms with Crippen molar-refractivity contribution in [3.05, 3.63) is 0 Å².